The molecule has 0 aromatic rings. The van der Waals surface area contributed by atoms with E-state index in [-0.39, 0.29) is 12.3 Å². The van der Waals surface area contributed by atoms with E-state index in [1.807, 2.05) is 0 Å². The van der Waals surface area contributed by atoms with Crippen molar-refractivity contribution in [3.05, 3.63) is 0 Å². The quantitative estimate of drug-likeness (QED) is 0.587. The molecule has 6 nitrogen and oxygen atoms in total. The van der Waals surface area contributed by atoms with Gasteiger partial charge < -0.3 is 15.8 Å². The van der Waals surface area contributed by atoms with Crippen LogP contribution in [0.2, 0.25) is 0 Å². The fourth-order valence-electron chi connectivity index (χ4n) is 1.14. The normalized spacial score (nSPS) is 15.7. The average Bonchev–Trinajstić information content (AvgIpc) is 2.02. The predicted octanol–water partition coefficient (Wildman–Crippen LogP) is -1.49. The van der Waals surface area contributed by atoms with Crippen LogP contribution in [0.5, 0.6) is 0 Å². The number of sulfone groups is 1. The number of ether oxygens (including phenoxy) is 1. The summed E-state index contributed by atoms with van der Waals surface area (Å²) in [7, 11) is -1.72. The van der Waals surface area contributed by atoms with Crippen LogP contribution in [-0.2, 0) is 19.4 Å². The van der Waals surface area contributed by atoms with Crippen molar-refractivity contribution in [2.24, 2.45) is 5.73 Å². The summed E-state index contributed by atoms with van der Waals surface area (Å²) in [5, 5.41) is 2.52. The van der Waals surface area contributed by atoms with E-state index < -0.39 is 27.9 Å². The molecule has 0 bridgehead atoms. The maximum absolute atomic E-state index is 11.4. The zero-order chi connectivity index (χ0) is 12.1. The molecule has 3 N–H and O–H groups in total. The Hall–Kier alpha value is -0.660. The van der Waals surface area contributed by atoms with Gasteiger partial charge in [0, 0.05) is 26.0 Å². The van der Waals surface area contributed by atoms with E-state index in [4.69, 9.17) is 10.5 Å². The molecular formula is C8H18N2O4S. The summed E-state index contributed by atoms with van der Waals surface area (Å²) in [6.45, 7) is 1.68. The first kappa shape index (κ1) is 14.3. The predicted molar refractivity (Wildman–Crippen MR) is 57.2 cm³/mol. The number of amides is 1. The Bertz CT molecular complexity index is 298. The van der Waals surface area contributed by atoms with Crippen molar-refractivity contribution >= 4 is 15.7 Å². The van der Waals surface area contributed by atoms with Gasteiger partial charge in [0.05, 0.1) is 5.75 Å². The molecule has 2 unspecified atom stereocenters. The van der Waals surface area contributed by atoms with Gasteiger partial charge >= 0.3 is 0 Å². The fraction of sp³-hybridized carbons (Fsp3) is 0.875. The lowest BCUT2D eigenvalue weighted by Gasteiger charge is -2.17. The first-order chi connectivity index (χ1) is 6.80. The molecule has 15 heavy (non-hydrogen) atoms. The average molecular weight is 238 g/mol. The molecule has 1 amide bonds. The minimum atomic E-state index is -3.09. The van der Waals surface area contributed by atoms with Crippen molar-refractivity contribution in [1.29, 1.82) is 0 Å². The third kappa shape index (κ3) is 6.43. The van der Waals surface area contributed by atoms with Gasteiger partial charge in [0.1, 0.15) is 15.9 Å². The smallest absolute Gasteiger partial charge is 0.250 e. The van der Waals surface area contributed by atoms with Crippen molar-refractivity contribution in [3.63, 3.8) is 0 Å². The standard InChI is InChI=1S/C8H18N2O4S/c1-6(5-15(3,12)13)10-8(11)7(4-9)14-2/h6-7H,4-5,9H2,1-3H3,(H,10,11). The van der Waals surface area contributed by atoms with Crippen LogP contribution in [0, 0.1) is 0 Å². The van der Waals surface area contributed by atoms with Gasteiger partial charge in [-0.3, -0.25) is 4.79 Å². The van der Waals surface area contributed by atoms with Gasteiger partial charge in [0.25, 0.3) is 5.91 Å². The SMILES string of the molecule is COC(CN)C(=O)NC(C)CS(C)(=O)=O. The molecule has 0 rings (SSSR count). The Balaban J connectivity index is 4.18. The summed E-state index contributed by atoms with van der Waals surface area (Å²) in [6, 6.07) is -0.448. The molecule has 0 saturated heterocycles. The second kappa shape index (κ2) is 6.04. The Morgan fingerprint density at radius 1 is 1.53 bits per heavy atom. The van der Waals surface area contributed by atoms with Gasteiger partial charge in [-0.1, -0.05) is 0 Å². The third-order valence-corrected chi connectivity index (χ3v) is 2.84. The number of hydrogen-bond acceptors (Lipinski definition) is 5. The van der Waals surface area contributed by atoms with Gasteiger partial charge in [-0.2, -0.15) is 0 Å². The van der Waals surface area contributed by atoms with E-state index in [2.05, 4.69) is 5.32 Å². The van der Waals surface area contributed by atoms with Crippen molar-refractivity contribution < 1.29 is 17.9 Å². The molecule has 0 aromatic carbocycles. The summed E-state index contributed by atoms with van der Waals surface area (Å²) in [5.41, 5.74) is 5.28. The third-order valence-electron chi connectivity index (χ3n) is 1.73. The maximum atomic E-state index is 11.4. The Morgan fingerprint density at radius 2 is 2.07 bits per heavy atom. The van der Waals surface area contributed by atoms with E-state index in [0.717, 1.165) is 6.26 Å². The highest BCUT2D eigenvalue weighted by Crippen LogP contribution is 1.93. The molecule has 0 saturated carbocycles. The van der Waals surface area contributed by atoms with E-state index >= 15 is 0 Å². The van der Waals surface area contributed by atoms with E-state index in [0.29, 0.717) is 0 Å². The van der Waals surface area contributed by atoms with Gasteiger partial charge in [0.15, 0.2) is 0 Å². The number of rotatable bonds is 6. The van der Waals surface area contributed by atoms with Gasteiger partial charge in [-0.15, -0.1) is 0 Å². The summed E-state index contributed by atoms with van der Waals surface area (Å²) in [6.07, 6.45) is 0.388. The lowest BCUT2D eigenvalue weighted by molar-refractivity contribution is -0.130. The van der Waals surface area contributed by atoms with Crippen LogP contribution < -0.4 is 11.1 Å². The topological polar surface area (TPSA) is 98.5 Å². The van der Waals surface area contributed by atoms with Crippen LogP contribution in [0.3, 0.4) is 0 Å². The van der Waals surface area contributed by atoms with Crippen molar-refractivity contribution in [2.45, 2.75) is 19.1 Å². The summed E-state index contributed by atoms with van der Waals surface area (Å²) < 4.78 is 26.7. The minimum Gasteiger partial charge on any atom is -0.370 e. The largest absolute Gasteiger partial charge is 0.370 e. The lowest BCUT2D eigenvalue weighted by atomic mass is 10.3. The number of nitrogens with one attached hydrogen (secondary N) is 1. The van der Waals surface area contributed by atoms with Crippen LogP contribution in [0.15, 0.2) is 0 Å². The Morgan fingerprint density at radius 3 is 2.40 bits per heavy atom. The van der Waals surface area contributed by atoms with E-state index in [1.54, 1.807) is 6.92 Å². The molecule has 0 aliphatic carbocycles. The molecule has 7 heteroatoms. The van der Waals surface area contributed by atoms with E-state index in [1.165, 1.54) is 7.11 Å². The number of carbonyl (C=O) groups is 1. The molecule has 0 aromatic heterocycles. The Kier molecular flexibility index (Phi) is 5.77. The molecule has 0 fully saturated rings. The van der Waals surface area contributed by atoms with Crippen LogP contribution in [0.25, 0.3) is 0 Å². The molecule has 90 valence electrons. The highest BCUT2D eigenvalue weighted by molar-refractivity contribution is 7.90. The summed E-state index contributed by atoms with van der Waals surface area (Å²) >= 11 is 0. The first-order valence-electron chi connectivity index (χ1n) is 4.51. The fourth-order valence-corrected chi connectivity index (χ4v) is 2.13. The monoisotopic (exact) mass is 238 g/mol. The lowest BCUT2D eigenvalue weighted by Crippen LogP contribution is -2.46. The van der Waals surface area contributed by atoms with Gasteiger partial charge in [0.2, 0.25) is 0 Å². The van der Waals surface area contributed by atoms with Crippen LogP contribution in [0.1, 0.15) is 6.92 Å². The zero-order valence-corrected chi connectivity index (χ0v) is 10.0. The molecule has 0 heterocycles. The molecule has 0 radical (unpaired) electrons. The number of hydrogen-bond donors (Lipinski definition) is 2. The zero-order valence-electron chi connectivity index (χ0n) is 9.19. The first-order valence-corrected chi connectivity index (χ1v) is 6.57. The van der Waals surface area contributed by atoms with E-state index in [9.17, 15) is 13.2 Å². The molecule has 0 aliphatic heterocycles. The number of nitrogens with two attached hydrogens (primary N) is 1. The van der Waals surface area contributed by atoms with Crippen LogP contribution >= 0.6 is 0 Å². The van der Waals surface area contributed by atoms with Crippen LogP contribution in [-0.4, -0.2) is 52.1 Å². The highest BCUT2D eigenvalue weighted by atomic mass is 32.2. The highest BCUT2D eigenvalue weighted by Gasteiger charge is 2.19. The van der Waals surface area contributed by atoms with Crippen LogP contribution in [0.4, 0.5) is 0 Å². The maximum Gasteiger partial charge on any atom is 0.250 e. The molecule has 2 atom stereocenters. The molecule has 0 aliphatic rings. The van der Waals surface area contributed by atoms with Gasteiger partial charge in [-0.25, -0.2) is 8.42 Å². The second-order valence-corrected chi connectivity index (χ2v) is 5.65. The number of methoxy groups -OCH3 is 1. The Labute approximate surface area is 90.1 Å². The van der Waals surface area contributed by atoms with Crippen molar-refractivity contribution in [3.8, 4) is 0 Å². The second-order valence-electron chi connectivity index (χ2n) is 3.46. The summed E-state index contributed by atoms with van der Waals surface area (Å²) in [4.78, 5) is 11.4. The number of carbonyl (C=O) groups excluding carboxylic acids is 1. The van der Waals surface area contributed by atoms with Crippen molar-refractivity contribution in [1.82, 2.24) is 5.32 Å². The van der Waals surface area contributed by atoms with Crippen molar-refractivity contribution in [2.75, 3.05) is 25.7 Å². The summed E-state index contributed by atoms with van der Waals surface area (Å²) in [5.74, 6) is -0.490. The molecular weight excluding hydrogens is 220 g/mol. The molecule has 0 spiro atoms. The van der Waals surface area contributed by atoms with Gasteiger partial charge in [-0.05, 0) is 6.92 Å². The minimum absolute atomic E-state index is 0.0634.